The average Bonchev–Trinajstić information content (AvgIpc) is 2.46. The number of nitrogens with two attached hydrogens (primary N) is 2. The summed E-state index contributed by atoms with van der Waals surface area (Å²) < 4.78 is 5.77. The van der Waals surface area contributed by atoms with Gasteiger partial charge in [0.15, 0.2) is 0 Å². The zero-order valence-corrected chi connectivity index (χ0v) is 12.0. The Labute approximate surface area is 127 Å². The van der Waals surface area contributed by atoms with Crippen molar-refractivity contribution in [3.05, 3.63) is 64.7 Å². The van der Waals surface area contributed by atoms with Gasteiger partial charge in [-0.3, -0.25) is 0 Å². The topological polar surface area (TPSA) is 86.0 Å². The Hall–Kier alpha value is -2.53. The fraction of sp³-hybridized carbons (Fsp3) is 0.0667. The standard InChI is InChI=1S/C15H15ClN4O/c16-13-6-3-4-11(8-13)10-21-14-7-2-1-5-12(14)9-19-20-15(17)18/h1-9H,10H2,(H4,17,18,20). The van der Waals surface area contributed by atoms with Crippen molar-refractivity contribution in [1.29, 1.82) is 0 Å². The van der Waals surface area contributed by atoms with Crippen molar-refractivity contribution in [1.82, 2.24) is 0 Å². The number of benzene rings is 2. The van der Waals surface area contributed by atoms with E-state index >= 15 is 0 Å². The monoisotopic (exact) mass is 302 g/mol. The summed E-state index contributed by atoms with van der Waals surface area (Å²) in [5.74, 6) is 0.593. The summed E-state index contributed by atoms with van der Waals surface area (Å²) in [7, 11) is 0. The van der Waals surface area contributed by atoms with Crippen molar-refractivity contribution in [3.63, 3.8) is 0 Å². The molecule has 0 aliphatic rings. The van der Waals surface area contributed by atoms with E-state index in [0.717, 1.165) is 11.1 Å². The lowest BCUT2D eigenvalue weighted by Crippen LogP contribution is -2.21. The van der Waals surface area contributed by atoms with E-state index in [1.165, 1.54) is 6.21 Å². The maximum atomic E-state index is 5.94. The SMILES string of the molecule is NC(N)=NN=Cc1ccccc1OCc1cccc(Cl)c1. The molecule has 0 aliphatic heterocycles. The summed E-state index contributed by atoms with van der Waals surface area (Å²) in [6, 6.07) is 15.0. The first-order valence-corrected chi connectivity index (χ1v) is 6.61. The second-order valence-electron chi connectivity index (χ2n) is 4.23. The van der Waals surface area contributed by atoms with E-state index in [2.05, 4.69) is 10.2 Å². The van der Waals surface area contributed by atoms with Gasteiger partial charge in [-0.2, -0.15) is 5.10 Å². The molecule has 0 radical (unpaired) electrons. The molecule has 0 fully saturated rings. The van der Waals surface area contributed by atoms with Crippen molar-refractivity contribution in [2.24, 2.45) is 21.7 Å². The molecule has 6 heteroatoms. The zero-order valence-electron chi connectivity index (χ0n) is 11.2. The molecule has 0 aliphatic carbocycles. The van der Waals surface area contributed by atoms with Gasteiger partial charge in [0.2, 0.25) is 5.96 Å². The van der Waals surface area contributed by atoms with Crippen molar-refractivity contribution >= 4 is 23.8 Å². The number of halogens is 1. The summed E-state index contributed by atoms with van der Waals surface area (Å²) in [5, 5.41) is 8.02. The Kier molecular flexibility index (Phi) is 5.17. The van der Waals surface area contributed by atoms with Crippen LogP contribution in [0.4, 0.5) is 0 Å². The van der Waals surface area contributed by atoms with Gasteiger partial charge in [-0.25, -0.2) is 0 Å². The van der Waals surface area contributed by atoms with E-state index in [1.54, 1.807) is 0 Å². The number of guanidine groups is 1. The van der Waals surface area contributed by atoms with Crippen LogP contribution in [0.2, 0.25) is 5.02 Å². The minimum atomic E-state index is -0.0939. The van der Waals surface area contributed by atoms with E-state index in [0.29, 0.717) is 17.4 Å². The van der Waals surface area contributed by atoms with Crippen LogP contribution in [0.3, 0.4) is 0 Å². The van der Waals surface area contributed by atoms with E-state index in [9.17, 15) is 0 Å². The second kappa shape index (κ2) is 7.31. The molecule has 0 atom stereocenters. The highest BCUT2D eigenvalue weighted by Gasteiger charge is 2.01. The van der Waals surface area contributed by atoms with Gasteiger partial charge in [0.25, 0.3) is 0 Å². The Bertz CT molecular complexity index is 666. The molecule has 21 heavy (non-hydrogen) atoms. The highest BCUT2D eigenvalue weighted by atomic mass is 35.5. The fourth-order valence-corrected chi connectivity index (χ4v) is 1.88. The van der Waals surface area contributed by atoms with Crippen molar-refractivity contribution in [2.75, 3.05) is 0 Å². The lowest BCUT2D eigenvalue weighted by molar-refractivity contribution is 0.306. The maximum Gasteiger partial charge on any atom is 0.211 e. The third-order valence-electron chi connectivity index (χ3n) is 2.57. The summed E-state index contributed by atoms with van der Waals surface area (Å²) in [6.07, 6.45) is 1.53. The van der Waals surface area contributed by atoms with Crippen LogP contribution >= 0.6 is 11.6 Å². The molecule has 5 nitrogen and oxygen atoms in total. The number of hydrogen-bond donors (Lipinski definition) is 2. The van der Waals surface area contributed by atoms with Gasteiger partial charge >= 0.3 is 0 Å². The van der Waals surface area contributed by atoms with Crippen LogP contribution in [0.5, 0.6) is 5.75 Å². The Morgan fingerprint density at radius 2 is 1.95 bits per heavy atom. The second-order valence-corrected chi connectivity index (χ2v) is 4.66. The minimum absolute atomic E-state index is 0.0939. The molecule has 2 rings (SSSR count). The lowest BCUT2D eigenvalue weighted by atomic mass is 10.2. The van der Waals surface area contributed by atoms with Crippen LogP contribution in [0.25, 0.3) is 0 Å². The van der Waals surface area contributed by atoms with Gasteiger partial charge in [-0.15, -0.1) is 5.10 Å². The predicted octanol–water partition coefficient (Wildman–Crippen LogP) is 2.53. The molecule has 0 saturated heterocycles. The molecule has 0 heterocycles. The van der Waals surface area contributed by atoms with Crippen LogP contribution in [0, 0.1) is 0 Å². The van der Waals surface area contributed by atoms with Crippen molar-refractivity contribution in [2.45, 2.75) is 6.61 Å². The molecule has 4 N–H and O–H groups in total. The highest BCUT2D eigenvalue weighted by molar-refractivity contribution is 6.30. The third-order valence-corrected chi connectivity index (χ3v) is 2.81. The van der Waals surface area contributed by atoms with Gasteiger partial charge < -0.3 is 16.2 Å². The molecule has 2 aromatic carbocycles. The van der Waals surface area contributed by atoms with Crippen LogP contribution in [-0.2, 0) is 6.61 Å². The quantitative estimate of drug-likeness (QED) is 0.505. The molecule has 0 saturated carbocycles. The summed E-state index contributed by atoms with van der Waals surface area (Å²) in [6.45, 7) is 0.410. The summed E-state index contributed by atoms with van der Waals surface area (Å²) >= 11 is 5.94. The van der Waals surface area contributed by atoms with Crippen LogP contribution in [0.15, 0.2) is 58.7 Å². The first kappa shape index (κ1) is 14.9. The normalized spacial score (nSPS) is 10.5. The van der Waals surface area contributed by atoms with Crippen LogP contribution in [-0.4, -0.2) is 12.2 Å². The first-order valence-electron chi connectivity index (χ1n) is 6.23. The molecule has 0 bridgehead atoms. The molecule has 108 valence electrons. The number of hydrogen-bond acceptors (Lipinski definition) is 3. The van der Waals surface area contributed by atoms with Crippen LogP contribution in [0.1, 0.15) is 11.1 Å². The fourth-order valence-electron chi connectivity index (χ4n) is 1.66. The number of ether oxygens (including phenoxy) is 1. The molecular formula is C15H15ClN4O. The average molecular weight is 303 g/mol. The van der Waals surface area contributed by atoms with Gasteiger partial charge in [-0.1, -0.05) is 35.9 Å². The Balaban J connectivity index is 2.10. The minimum Gasteiger partial charge on any atom is -0.488 e. The molecule has 0 amide bonds. The predicted molar refractivity (Wildman–Crippen MR) is 85.6 cm³/mol. The molecule has 0 aromatic heterocycles. The number of rotatable bonds is 5. The van der Waals surface area contributed by atoms with Gasteiger partial charge in [0.1, 0.15) is 12.4 Å². The third kappa shape index (κ3) is 4.81. The summed E-state index contributed by atoms with van der Waals surface area (Å²) in [5.41, 5.74) is 12.2. The van der Waals surface area contributed by atoms with E-state index in [4.69, 9.17) is 27.8 Å². The van der Waals surface area contributed by atoms with Gasteiger partial charge in [0, 0.05) is 10.6 Å². The molecule has 0 unspecified atom stereocenters. The first-order chi connectivity index (χ1) is 10.1. The van der Waals surface area contributed by atoms with E-state index in [1.807, 2.05) is 48.5 Å². The van der Waals surface area contributed by atoms with Gasteiger partial charge in [0.05, 0.1) is 6.21 Å². The Morgan fingerprint density at radius 1 is 1.14 bits per heavy atom. The molecule has 2 aromatic rings. The summed E-state index contributed by atoms with van der Waals surface area (Å²) in [4.78, 5) is 0. The highest BCUT2D eigenvalue weighted by Crippen LogP contribution is 2.18. The smallest absolute Gasteiger partial charge is 0.211 e. The van der Waals surface area contributed by atoms with E-state index < -0.39 is 0 Å². The largest absolute Gasteiger partial charge is 0.488 e. The Morgan fingerprint density at radius 3 is 2.71 bits per heavy atom. The van der Waals surface area contributed by atoms with E-state index in [-0.39, 0.29) is 5.96 Å². The molecular weight excluding hydrogens is 288 g/mol. The number of para-hydroxylation sites is 1. The maximum absolute atomic E-state index is 5.94. The van der Waals surface area contributed by atoms with Crippen molar-refractivity contribution < 1.29 is 4.74 Å². The zero-order chi connectivity index (χ0) is 15.1. The van der Waals surface area contributed by atoms with Crippen molar-refractivity contribution in [3.8, 4) is 5.75 Å². The van der Waals surface area contributed by atoms with Crippen LogP contribution < -0.4 is 16.2 Å². The lowest BCUT2D eigenvalue weighted by Gasteiger charge is -2.09. The molecule has 0 spiro atoms. The number of nitrogens with zero attached hydrogens (tertiary/aromatic N) is 2. The van der Waals surface area contributed by atoms with Gasteiger partial charge in [-0.05, 0) is 29.8 Å².